The van der Waals surface area contributed by atoms with Gasteiger partial charge in [-0.3, -0.25) is 4.79 Å². The third-order valence-corrected chi connectivity index (χ3v) is 4.18. The van der Waals surface area contributed by atoms with Gasteiger partial charge in [-0.25, -0.2) is 4.79 Å². The zero-order valence-corrected chi connectivity index (χ0v) is 10.4. The molecule has 3 unspecified atom stereocenters. The summed E-state index contributed by atoms with van der Waals surface area (Å²) in [5.41, 5.74) is 0. The number of amides is 1. The smallest absolute Gasteiger partial charge is 0.327 e. The fourth-order valence-corrected chi connectivity index (χ4v) is 3.23. The van der Waals surface area contributed by atoms with Crippen LogP contribution in [0.25, 0.3) is 0 Å². The molecule has 2 rings (SSSR count). The van der Waals surface area contributed by atoms with E-state index in [9.17, 15) is 9.59 Å². The maximum absolute atomic E-state index is 12.2. The molecule has 0 aliphatic carbocycles. The molecular weight excluding hydrogens is 244 g/mol. The van der Waals surface area contributed by atoms with E-state index in [-0.39, 0.29) is 11.3 Å². The normalized spacial score (nSPS) is 33.7. The summed E-state index contributed by atoms with van der Waals surface area (Å²) in [6.45, 7) is 3.53. The molecule has 7 heteroatoms. The number of carbonyl (C=O) groups is 2. The van der Waals surface area contributed by atoms with Gasteiger partial charge in [-0.15, -0.1) is 11.8 Å². The van der Waals surface area contributed by atoms with Crippen LogP contribution in [-0.2, 0) is 14.3 Å². The Morgan fingerprint density at radius 3 is 2.88 bits per heavy atom. The fourth-order valence-electron chi connectivity index (χ4n) is 2.06. The number of ether oxygens (including phenoxy) is 1. The topological polar surface area (TPSA) is 78.9 Å². The summed E-state index contributed by atoms with van der Waals surface area (Å²) < 4.78 is 5.37. The van der Waals surface area contributed by atoms with Gasteiger partial charge in [0, 0.05) is 18.8 Å². The van der Waals surface area contributed by atoms with E-state index in [0.717, 1.165) is 6.54 Å². The zero-order chi connectivity index (χ0) is 12.4. The number of hydrogen-bond acceptors (Lipinski definition) is 5. The molecule has 6 nitrogen and oxygen atoms in total. The SMILES string of the molecule is CC1SCC(C(=O)O)N1C(=O)C1CNCCO1. The Balaban J connectivity index is 2.07. The summed E-state index contributed by atoms with van der Waals surface area (Å²) in [5.74, 6) is -0.719. The average Bonchev–Trinajstić information content (AvgIpc) is 2.71. The van der Waals surface area contributed by atoms with Crippen LogP contribution in [-0.4, -0.2) is 64.9 Å². The van der Waals surface area contributed by atoms with Gasteiger partial charge in [0.15, 0.2) is 0 Å². The highest BCUT2D eigenvalue weighted by molar-refractivity contribution is 8.00. The molecule has 0 aromatic rings. The Labute approximate surface area is 104 Å². The van der Waals surface area contributed by atoms with Crippen molar-refractivity contribution >= 4 is 23.6 Å². The third-order valence-electron chi connectivity index (χ3n) is 2.97. The molecule has 2 aliphatic rings. The van der Waals surface area contributed by atoms with E-state index in [1.54, 1.807) is 0 Å². The number of carboxylic acids is 1. The second kappa shape index (κ2) is 5.24. The molecule has 2 heterocycles. The summed E-state index contributed by atoms with van der Waals surface area (Å²) in [6, 6.07) is -0.729. The van der Waals surface area contributed by atoms with E-state index in [1.807, 2.05) is 6.92 Å². The highest BCUT2D eigenvalue weighted by atomic mass is 32.2. The maximum Gasteiger partial charge on any atom is 0.327 e. The fraction of sp³-hybridized carbons (Fsp3) is 0.800. The van der Waals surface area contributed by atoms with Gasteiger partial charge in [-0.1, -0.05) is 0 Å². The van der Waals surface area contributed by atoms with E-state index in [2.05, 4.69) is 5.32 Å². The van der Waals surface area contributed by atoms with Crippen LogP contribution in [0, 0.1) is 0 Å². The predicted octanol–water partition coefficient (Wildman–Crippen LogP) is -0.651. The van der Waals surface area contributed by atoms with Gasteiger partial charge in [-0.05, 0) is 6.92 Å². The number of hydrogen-bond donors (Lipinski definition) is 2. The summed E-state index contributed by atoms with van der Waals surface area (Å²) in [7, 11) is 0. The first-order valence-electron chi connectivity index (χ1n) is 5.60. The van der Waals surface area contributed by atoms with E-state index in [1.165, 1.54) is 16.7 Å². The van der Waals surface area contributed by atoms with Crippen molar-refractivity contribution in [3.63, 3.8) is 0 Å². The highest BCUT2D eigenvalue weighted by Gasteiger charge is 2.42. The Morgan fingerprint density at radius 2 is 2.29 bits per heavy atom. The lowest BCUT2D eigenvalue weighted by molar-refractivity contribution is -0.155. The summed E-state index contributed by atoms with van der Waals surface area (Å²) >= 11 is 1.48. The number of carbonyl (C=O) groups excluding carboxylic acids is 1. The van der Waals surface area contributed by atoms with Crippen molar-refractivity contribution in [2.24, 2.45) is 0 Å². The summed E-state index contributed by atoms with van der Waals surface area (Å²) in [6.07, 6.45) is -0.549. The molecule has 17 heavy (non-hydrogen) atoms. The van der Waals surface area contributed by atoms with Gasteiger partial charge < -0.3 is 20.1 Å². The number of thioether (sulfide) groups is 1. The minimum atomic E-state index is -0.945. The van der Waals surface area contributed by atoms with E-state index in [4.69, 9.17) is 9.84 Å². The van der Waals surface area contributed by atoms with Crippen LogP contribution >= 0.6 is 11.8 Å². The summed E-state index contributed by atoms with van der Waals surface area (Å²) in [4.78, 5) is 24.7. The predicted molar refractivity (Wildman–Crippen MR) is 62.8 cm³/mol. The van der Waals surface area contributed by atoms with Crippen molar-refractivity contribution in [1.29, 1.82) is 0 Å². The van der Waals surface area contributed by atoms with Crippen LogP contribution in [0.15, 0.2) is 0 Å². The number of rotatable bonds is 2. The lowest BCUT2D eigenvalue weighted by Crippen LogP contribution is -2.54. The molecule has 0 spiro atoms. The van der Waals surface area contributed by atoms with Crippen LogP contribution in [0.1, 0.15) is 6.92 Å². The average molecular weight is 260 g/mol. The lowest BCUT2D eigenvalue weighted by Gasteiger charge is -2.31. The molecule has 2 aliphatic heterocycles. The first-order chi connectivity index (χ1) is 8.11. The van der Waals surface area contributed by atoms with Crippen LogP contribution < -0.4 is 5.32 Å². The largest absolute Gasteiger partial charge is 0.480 e. The summed E-state index contributed by atoms with van der Waals surface area (Å²) in [5, 5.41) is 12.1. The standard InChI is InChI=1S/C10H16N2O4S/c1-6-12(7(5-17-6)10(14)15)9(13)8-4-11-2-3-16-8/h6-8,11H,2-5H2,1H3,(H,14,15). The maximum atomic E-state index is 12.2. The van der Waals surface area contributed by atoms with Crippen molar-refractivity contribution < 1.29 is 19.4 Å². The molecule has 2 fully saturated rings. The number of nitrogens with one attached hydrogen (secondary N) is 1. The van der Waals surface area contributed by atoms with E-state index < -0.39 is 18.1 Å². The molecule has 0 aromatic carbocycles. The molecule has 2 N–H and O–H groups in total. The van der Waals surface area contributed by atoms with Crippen molar-refractivity contribution in [2.75, 3.05) is 25.4 Å². The van der Waals surface area contributed by atoms with Crippen LogP contribution in [0.5, 0.6) is 0 Å². The quantitative estimate of drug-likeness (QED) is 0.687. The Kier molecular flexibility index (Phi) is 3.90. The van der Waals surface area contributed by atoms with E-state index in [0.29, 0.717) is 18.9 Å². The molecule has 2 saturated heterocycles. The molecule has 0 radical (unpaired) electrons. The highest BCUT2D eigenvalue weighted by Crippen LogP contribution is 2.29. The van der Waals surface area contributed by atoms with Crippen molar-refractivity contribution in [3.8, 4) is 0 Å². The Bertz CT molecular complexity index is 319. The van der Waals surface area contributed by atoms with Gasteiger partial charge in [-0.2, -0.15) is 0 Å². The first-order valence-corrected chi connectivity index (χ1v) is 6.65. The van der Waals surface area contributed by atoms with Crippen LogP contribution in [0.3, 0.4) is 0 Å². The lowest BCUT2D eigenvalue weighted by atomic mass is 10.2. The molecule has 96 valence electrons. The molecular formula is C10H16N2O4S. The first kappa shape index (κ1) is 12.7. The minimum absolute atomic E-state index is 0.103. The van der Waals surface area contributed by atoms with Crippen molar-refractivity contribution in [1.82, 2.24) is 10.2 Å². The zero-order valence-electron chi connectivity index (χ0n) is 9.59. The van der Waals surface area contributed by atoms with Crippen LogP contribution in [0.2, 0.25) is 0 Å². The third kappa shape index (κ3) is 2.56. The molecule has 0 bridgehead atoms. The van der Waals surface area contributed by atoms with Gasteiger partial charge in [0.1, 0.15) is 12.1 Å². The number of morpholine rings is 1. The molecule has 3 atom stereocenters. The Morgan fingerprint density at radius 1 is 1.53 bits per heavy atom. The van der Waals surface area contributed by atoms with Gasteiger partial charge in [0.2, 0.25) is 0 Å². The number of aliphatic carboxylic acids is 1. The molecule has 0 saturated carbocycles. The van der Waals surface area contributed by atoms with Gasteiger partial charge in [0.25, 0.3) is 5.91 Å². The van der Waals surface area contributed by atoms with Gasteiger partial charge >= 0.3 is 5.97 Å². The number of carboxylic acid groups (broad SMARTS) is 1. The van der Waals surface area contributed by atoms with Crippen molar-refractivity contribution in [3.05, 3.63) is 0 Å². The van der Waals surface area contributed by atoms with E-state index >= 15 is 0 Å². The molecule has 1 amide bonds. The Hall–Kier alpha value is -0.790. The van der Waals surface area contributed by atoms with Gasteiger partial charge in [0.05, 0.1) is 12.0 Å². The second-order valence-electron chi connectivity index (χ2n) is 4.10. The van der Waals surface area contributed by atoms with Crippen LogP contribution in [0.4, 0.5) is 0 Å². The minimum Gasteiger partial charge on any atom is -0.480 e. The second-order valence-corrected chi connectivity index (χ2v) is 5.44. The molecule has 0 aromatic heterocycles. The van der Waals surface area contributed by atoms with Crippen molar-refractivity contribution in [2.45, 2.75) is 24.4 Å². The monoisotopic (exact) mass is 260 g/mol. The number of nitrogens with zero attached hydrogens (tertiary/aromatic N) is 1.